The summed E-state index contributed by atoms with van der Waals surface area (Å²) in [5.41, 5.74) is 2.31. The molecule has 1 N–H and O–H groups in total. The molecule has 67 valence electrons. The lowest BCUT2D eigenvalue weighted by Gasteiger charge is -1.91. The van der Waals surface area contributed by atoms with E-state index in [1.165, 1.54) is 16.3 Å². The van der Waals surface area contributed by atoms with Crippen molar-refractivity contribution < 1.29 is 0 Å². The van der Waals surface area contributed by atoms with E-state index in [0.29, 0.717) is 0 Å². The Bertz CT molecular complexity index is 610. The van der Waals surface area contributed by atoms with Gasteiger partial charge in [-0.05, 0) is 40.2 Å². The summed E-state index contributed by atoms with van der Waals surface area (Å²) >= 11 is 3.51. The van der Waals surface area contributed by atoms with Crippen molar-refractivity contribution in [1.82, 2.24) is 4.98 Å². The van der Waals surface area contributed by atoms with Crippen LogP contribution in [0.5, 0.6) is 0 Å². The number of aromatic amines is 1. The molecule has 0 unspecified atom stereocenters. The third-order valence-electron chi connectivity index (χ3n) is 2.42. The molecule has 3 aromatic rings. The molecule has 0 amide bonds. The van der Waals surface area contributed by atoms with Crippen molar-refractivity contribution >= 4 is 37.7 Å². The number of benzene rings is 2. The molecule has 0 bridgehead atoms. The number of hydrogen-bond acceptors (Lipinski definition) is 0. The summed E-state index contributed by atoms with van der Waals surface area (Å²) in [6.07, 6.45) is 0. The standard InChI is InChI=1S/C12H7BrN/c13-10-6-3-5-9-8-4-1-2-7-11(8)14-12(9)10/h1-2,4-7,14H. The van der Waals surface area contributed by atoms with E-state index >= 15 is 0 Å². The van der Waals surface area contributed by atoms with Gasteiger partial charge >= 0.3 is 0 Å². The Labute approximate surface area is 89.9 Å². The predicted octanol–water partition coefficient (Wildman–Crippen LogP) is 3.88. The maximum Gasteiger partial charge on any atom is 0.0609 e. The van der Waals surface area contributed by atoms with Crippen molar-refractivity contribution in [3.63, 3.8) is 0 Å². The van der Waals surface area contributed by atoms with Crippen LogP contribution in [0.3, 0.4) is 0 Å². The molecule has 0 saturated heterocycles. The Morgan fingerprint density at radius 3 is 2.86 bits per heavy atom. The normalized spacial score (nSPS) is 11.2. The number of para-hydroxylation sites is 1. The van der Waals surface area contributed by atoms with E-state index in [2.05, 4.69) is 45.2 Å². The van der Waals surface area contributed by atoms with Gasteiger partial charge in [0.25, 0.3) is 0 Å². The molecule has 0 atom stereocenters. The van der Waals surface area contributed by atoms with Gasteiger partial charge in [-0.2, -0.15) is 0 Å². The number of fused-ring (bicyclic) bond motifs is 3. The summed E-state index contributed by atoms with van der Waals surface area (Å²) in [5.74, 6) is 0. The zero-order valence-electron chi connectivity index (χ0n) is 7.34. The predicted molar refractivity (Wildman–Crippen MR) is 62.3 cm³/mol. The number of halogens is 1. The van der Waals surface area contributed by atoms with Crippen LogP contribution in [0.1, 0.15) is 0 Å². The van der Waals surface area contributed by atoms with E-state index in [1.807, 2.05) is 18.2 Å². The van der Waals surface area contributed by atoms with Gasteiger partial charge in [-0.25, -0.2) is 0 Å². The van der Waals surface area contributed by atoms with E-state index < -0.39 is 0 Å². The van der Waals surface area contributed by atoms with Crippen LogP contribution in [0.25, 0.3) is 21.8 Å². The molecule has 14 heavy (non-hydrogen) atoms. The smallest absolute Gasteiger partial charge is 0.0609 e. The molecule has 2 heteroatoms. The van der Waals surface area contributed by atoms with E-state index in [9.17, 15) is 0 Å². The maximum absolute atomic E-state index is 3.51. The van der Waals surface area contributed by atoms with E-state index in [4.69, 9.17) is 0 Å². The zero-order valence-corrected chi connectivity index (χ0v) is 8.93. The van der Waals surface area contributed by atoms with Gasteiger partial charge in [0.1, 0.15) is 0 Å². The number of rotatable bonds is 0. The molecule has 0 aliphatic carbocycles. The van der Waals surface area contributed by atoms with E-state index in [0.717, 1.165) is 9.99 Å². The molecular weight excluding hydrogens is 238 g/mol. The average molecular weight is 245 g/mol. The minimum absolute atomic E-state index is 1.06. The Morgan fingerprint density at radius 1 is 1.07 bits per heavy atom. The summed E-state index contributed by atoms with van der Waals surface area (Å²) in [4.78, 5) is 3.38. The lowest BCUT2D eigenvalue weighted by Crippen LogP contribution is -1.69. The fraction of sp³-hybridized carbons (Fsp3) is 0. The second kappa shape index (κ2) is 2.85. The zero-order chi connectivity index (χ0) is 9.54. The van der Waals surface area contributed by atoms with Crippen molar-refractivity contribution in [2.24, 2.45) is 0 Å². The Morgan fingerprint density at radius 2 is 1.93 bits per heavy atom. The van der Waals surface area contributed by atoms with Crippen molar-refractivity contribution in [3.05, 3.63) is 46.9 Å². The molecule has 1 radical (unpaired) electrons. The van der Waals surface area contributed by atoms with Gasteiger partial charge in [0.2, 0.25) is 0 Å². The quantitative estimate of drug-likeness (QED) is 0.618. The van der Waals surface area contributed by atoms with Gasteiger partial charge in [0, 0.05) is 20.8 Å². The van der Waals surface area contributed by atoms with E-state index in [1.54, 1.807) is 0 Å². The SMILES string of the molecule is Brc1c[c]cc2c1[nH]c1ccccc12. The first-order valence-electron chi connectivity index (χ1n) is 4.42. The number of H-pyrrole nitrogens is 1. The van der Waals surface area contributed by atoms with Gasteiger partial charge in [-0.1, -0.05) is 18.2 Å². The summed E-state index contributed by atoms with van der Waals surface area (Å²) in [7, 11) is 0. The first-order chi connectivity index (χ1) is 6.86. The highest BCUT2D eigenvalue weighted by Crippen LogP contribution is 2.29. The van der Waals surface area contributed by atoms with Gasteiger partial charge in [0.15, 0.2) is 0 Å². The first kappa shape index (κ1) is 8.06. The van der Waals surface area contributed by atoms with Crippen LogP contribution < -0.4 is 0 Å². The minimum atomic E-state index is 1.06. The summed E-state index contributed by atoms with van der Waals surface area (Å²) in [6.45, 7) is 0. The molecule has 0 spiro atoms. The second-order valence-corrected chi connectivity index (χ2v) is 4.12. The monoisotopic (exact) mass is 244 g/mol. The molecule has 0 saturated carbocycles. The van der Waals surface area contributed by atoms with Crippen molar-refractivity contribution in [1.29, 1.82) is 0 Å². The largest absolute Gasteiger partial charge is 0.354 e. The topological polar surface area (TPSA) is 15.8 Å². The van der Waals surface area contributed by atoms with Crippen LogP contribution in [0.15, 0.2) is 40.9 Å². The van der Waals surface area contributed by atoms with Gasteiger partial charge in [0.05, 0.1) is 5.52 Å². The minimum Gasteiger partial charge on any atom is -0.354 e. The Hall–Kier alpha value is -1.28. The molecule has 0 fully saturated rings. The molecule has 1 nitrogen and oxygen atoms in total. The lowest BCUT2D eigenvalue weighted by molar-refractivity contribution is 1.53. The second-order valence-electron chi connectivity index (χ2n) is 3.26. The van der Waals surface area contributed by atoms with Crippen LogP contribution in [0.2, 0.25) is 0 Å². The third kappa shape index (κ3) is 1.01. The number of hydrogen-bond donors (Lipinski definition) is 1. The van der Waals surface area contributed by atoms with Crippen LogP contribution in [0, 0.1) is 6.07 Å². The fourth-order valence-electron chi connectivity index (χ4n) is 1.77. The molecule has 0 aliphatic heterocycles. The van der Waals surface area contributed by atoms with Crippen molar-refractivity contribution in [2.75, 3.05) is 0 Å². The molecular formula is C12H7BrN. The summed E-state index contributed by atoms with van der Waals surface area (Å²) in [5, 5.41) is 2.47. The third-order valence-corrected chi connectivity index (χ3v) is 3.05. The Balaban J connectivity index is 2.63. The first-order valence-corrected chi connectivity index (χ1v) is 5.21. The van der Waals surface area contributed by atoms with Gasteiger partial charge in [-0.3, -0.25) is 0 Å². The highest BCUT2D eigenvalue weighted by atomic mass is 79.9. The van der Waals surface area contributed by atoms with Crippen LogP contribution in [-0.2, 0) is 0 Å². The maximum atomic E-state index is 3.51. The van der Waals surface area contributed by atoms with Gasteiger partial charge in [-0.15, -0.1) is 0 Å². The summed E-state index contributed by atoms with van der Waals surface area (Å²) < 4.78 is 1.06. The molecule has 1 aromatic heterocycles. The van der Waals surface area contributed by atoms with Crippen molar-refractivity contribution in [3.8, 4) is 0 Å². The lowest BCUT2D eigenvalue weighted by atomic mass is 10.2. The van der Waals surface area contributed by atoms with Crippen LogP contribution in [0.4, 0.5) is 0 Å². The van der Waals surface area contributed by atoms with Crippen LogP contribution >= 0.6 is 15.9 Å². The fourth-order valence-corrected chi connectivity index (χ4v) is 2.22. The highest BCUT2D eigenvalue weighted by molar-refractivity contribution is 9.10. The number of aromatic nitrogens is 1. The molecule has 3 rings (SSSR count). The Kier molecular flexibility index (Phi) is 1.64. The van der Waals surface area contributed by atoms with Crippen LogP contribution in [-0.4, -0.2) is 4.98 Å². The average Bonchev–Trinajstić information content (AvgIpc) is 2.59. The molecule has 2 aromatic carbocycles. The highest BCUT2D eigenvalue weighted by Gasteiger charge is 2.04. The van der Waals surface area contributed by atoms with Crippen molar-refractivity contribution in [2.45, 2.75) is 0 Å². The molecule has 0 aliphatic rings. The van der Waals surface area contributed by atoms with Gasteiger partial charge < -0.3 is 4.98 Å². The number of nitrogens with one attached hydrogen (secondary N) is 1. The van der Waals surface area contributed by atoms with E-state index in [-0.39, 0.29) is 0 Å². The molecule has 1 heterocycles. The summed E-state index contributed by atoms with van der Waals surface area (Å²) in [6, 6.07) is 15.3.